The number of ether oxygens (including phenoxy) is 1. The Bertz CT molecular complexity index is 1420. The molecular formula is C25H25N7O. The van der Waals surface area contributed by atoms with Crippen molar-refractivity contribution in [2.75, 3.05) is 18.6 Å². The summed E-state index contributed by atoms with van der Waals surface area (Å²) in [5.41, 5.74) is 11.4. The molecule has 0 aliphatic carbocycles. The monoisotopic (exact) mass is 439 g/mol. The van der Waals surface area contributed by atoms with Crippen LogP contribution in [0.25, 0.3) is 33.2 Å². The molecule has 2 atom stereocenters. The standard InChI is InChI=1S/C25H25N7O/c1-33-17-7-5-15(6-8-17)18-3-2-4-20-22(18)31-24(30-20)21-13-16(26)10-12-32(21)25-19-9-11-27-23(19)28-14-29-25/h2-9,11,14,16,21H,10,12-13,26H2,1H3,(H,30,31)(H,27,28,29). The van der Waals surface area contributed by atoms with Crippen LogP contribution in [0.15, 0.2) is 61.1 Å². The number of piperidine rings is 1. The molecule has 1 fully saturated rings. The largest absolute Gasteiger partial charge is 0.497 e. The zero-order valence-corrected chi connectivity index (χ0v) is 18.3. The molecule has 33 heavy (non-hydrogen) atoms. The van der Waals surface area contributed by atoms with Crippen molar-refractivity contribution in [3.05, 3.63) is 66.9 Å². The van der Waals surface area contributed by atoms with Crippen molar-refractivity contribution in [2.24, 2.45) is 5.73 Å². The van der Waals surface area contributed by atoms with Gasteiger partial charge in [-0.2, -0.15) is 0 Å². The Morgan fingerprint density at radius 1 is 1.09 bits per heavy atom. The number of nitrogens with two attached hydrogens (primary N) is 1. The number of rotatable bonds is 4. The Hall–Kier alpha value is -3.91. The summed E-state index contributed by atoms with van der Waals surface area (Å²) >= 11 is 0. The van der Waals surface area contributed by atoms with Gasteiger partial charge >= 0.3 is 0 Å². The van der Waals surface area contributed by atoms with Gasteiger partial charge in [0.15, 0.2) is 0 Å². The number of H-pyrrole nitrogens is 2. The normalized spacial score (nSPS) is 18.8. The van der Waals surface area contributed by atoms with Crippen LogP contribution < -0.4 is 15.4 Å². The SMILES string of the molecule is COc1ccc(-c2cccc3[nH]c(C4CC(N)CCN4c4ncnc5[nH]ccc45)nc23)cc1. The van der Waals surface area contributed by atoms with Crippen LogP contribution in [0.2, 0.25) is 0 Å². The van der Waals surface area contributed by atoms with Gasteiger partial charge in [0.2, 0.25) is 0 Å². The van der Waals surface area contributed by atoms with Crippen LogP contribution in [0.1, 0.15) is 24.7 Å². The summed E-state index contributed by atoms with van der Waals surface area (Å²) in [6, 6.07) is 16.4. The van der Waals surface area contributed by atoms with Gasteiger partial charge in [0.05, 0.1) is 29.6 Å². The second-order valence-electron chi connectivity index (χ2n) is 8.48. The zero-order chi connectivity index (χ0) is 22.4. The van der Waals surface area contributed by atoms with Crippen molar-refractivity contribution >= 4 is 27.9 Å². The third-order valence-corrected chi connectivity index (χ3v) is 6.50. The molecule has 0 spiro atoms. The molecule has 166 valence electrons. The van der Waals surface area contributed by atoms with Gasteiger partial charge in [-0.1, -0.05) is 24.3 Å². The molecule has 0 saturated carbocycles. The minimum atomic E-state index is -0.00197. The van der Waals surface area contributed by atoms with Crippen molar-refractivity contribution in [3.63, 3.8) is 0 Å². The minimum Gasteiger partial charge on any atom is -0.497 e. The summed E-state index contributed by atoms with van der Waals surface area (Å²) in [6.07, 6.45) is 5.22. The Kier molecular flexibility index (Phi) is 4.73. The maximum Gasteiger partial charge on any atom is 0.142 e. The number of hydrogen-bond acceptors (Lipinski definition) is 6. The molecule has 4 heterocycles. The zero-order valence-electron chi connectivity index (χ0n) is 18.3. The fourth-order valence-corrected chi connectivity index (χ4v) is 4.81. The maximum absolute atomic E-state index is 6.42. The van der Waals surface area contributed by atoms with Crippen LogP contribution in [-0.4, -0.2) is 44.6 Å². The van der Waals surface area contributed by atoms with E-state index in [2.05, 4.69) is 55.2 Å². The van der Waals surface area contributed by atoms with Crippen LogP contribution in [-0.2, 0) is 0 Å². The van der Waals surface area contributed by atoms with Gasteiger partial charge in [-0.15, -0.1) is 0 Å². The molecule has 8 nitrogen and oxygen atoms in total. The fraction of sp³-hybridized carbons (Fsp3) is 0.240. The number of methoxy groups -OCH3 is 1. The molecule has 1 saturated heterocycles. The van der Waals surface area contributed by atoms with Crippen LogP contribution in [0.5, 0.6) is 5.75 Å². The molecule has 0 amide bonds. The quantitative estimate of drug-likeness (QED) is 0.388. The summed E-state index contributed by atoms with van der Waals surface area (Å²) in [5, 5.41) is 1.01. The molecule has 0 bridgehead atoms. The van der Waals surface area contributed by atoms with E-state index >= 15 is 0 Å². The summed E-state index contributed by atoms with van der Waals surface area (Å²) in [4.78, 5) is 23.2. The highest BCUT2D eigenvalue weighted by molar-refractivity contribution is 5.92. The third-order valence-electron chi connectivity index (χ3n) is 6.50. The predicted octanol–water partition coefficient (Wildman–Crippen LogP) is 4.18. The third kappa shape index (κ3) is 3.39. The number of nitrogens with zero attached hydrogens (tertiary/aromatic N) is 4. The lowest BCUT2D eigenvalue weighted by Gasteiger charge is -2.38. The van der Waals surface area contributed by atoms with Gasteiger partial charge in [-0.05, 0) is 42.7 Å². The number of aromatic amines is 2. The van der Waals surface area contributed by atoms with Gasteiger partial charge in [0, 0.05) is 24.3 Å². The number of para-hydroxylation sites is 1. The summed E-state index contributed by atoms with van der Waals surface area (Å²) in [7, 11) is 1.68. The van der Waals surface area contributed by atoms with Gasteiger partial charge in [0.1, 0.15) is 29.4 Å². The molecule has 2 aromatic carbocycles. The van der Waals surface area contributed by atoms with E-state index in [1.165, 1.54) is 0 Å². The number of benzene rings is 2. The second kappa shape index (κ2) is 7.90. The van der Waals surface area contributed by atoms with E-state index in [0.29, 0.717) is 0 Å². The van der Waals surface area contributed by atoms with E-state index in [9.17, 15) is 0 Å². The predicted molar refractivity (Wildman–Crippen MR) is 129 cm³/mol. The molecule has 6 rings (SSSR count). The molecule has 5 aromatic rings. The first kappa shape index (κ1) is 19.8. The number of nitrogens with one attached hydrogen (secondary N) is 2. The van der Waals surface area contributed by atoms with Crippen molar-refractivity contribution < 1.29 is 4.74 Å². The van der Waals surface area contributed by atoms with E-state index in [0.717, 1.165) is 70.0 Å². The fourth-order valence-electron chi connectivity index (χ4n) is 4.81. The van der Waals surface area contributed by atoms with Crippen molar-refractivity contribution in [1.29, 1.82) is 0 Å². The first-order valence-corrected chi connectivity index (χ1v) is 11.1. The number of fused-ring (bicyclic) bond motifs is 2. The average Bonchev–Trinajstić information content (AvgIpc) is 3.51. The smallest absolute Gasteiger partial charge is 0.142 e. The highest BCUT2D eigenvalue weighted by atomic mass is 16.5. The van der Waals surface area contributed by atoms with Crippen LogP contribution in [0, 0.1) is 0 Å². The van der Waals surface area contributed by atoms with Crippen LogP contribution >= 0.6 is 0 Å². The Morgan fingerprint density at radius 2 is 1.97 bits per heavy atom. The first-order chi connectivity index (χ1) is 16.2. The lowest BCUT2D eigenvalue weighted by Crippen LogP contribution is -2.43. The summed E-state index contributed by atoms with van der Waals surface area (Å²) in [5.74, 6) is 2.65. The lowest BCUT2D eigenvalue weighted by atomic mass is 9.97. The van der Waals surface area contributed by atoms with E-state index in [-0.39, 0.29) is 12.1 Å². The molecule has 4 N–H and O–H groups in total. The van der Waals surface area contributed by atoms with E-state index in [4.69, 9.17) is 15.5 Å². The molecular weight excluding hydrogens is 414 g/mol. The first-order valence-electron chi connectivity index (χ1n) is 11.1. The van der Waals surface area contributed by atoms with Gasteiger partial charge < -0.3 is 25.3 Å². The Morgan fingerprint density at radius 3 is 2.82 bits per heavy atom. The van der Waals surface area contributed by atoms with Crippen LogP contribution in [0.4, 0.5) is 5.82 Å². The minimum absolute atomic E-state index is 0.00197. The van der Waals surface area contributed by atoms with Gasteiger partial charge in [-0.25, -0.2) is 15.0 Å². The second-order valence-corrected chi connectivity index (χ2v) is 8.48. The summed E-state index contributed by atoms with van der Waals surface area (Å²) in [6.45, 7) is 0.811. The van der Waals surface area contributed by atoms with E-state index in [1.807, 2.05) is 24.4 Å². The molecule has 8 heteroatoms. The van der Waals surface area contributed by atoms with Gasteiger partial charge in [0.25, 0.3) is 0 Å². The number of anilines is 1. The van der Waals surface area contributed by atoms with Crippen LogP contribution in [0.3, 0.4) is 0 Å². The number of aromatic nitrogens is 5. The van der Waals surface area contributed by atoms with Crippen molar-refractivity contribution in [3.8, 4) is 16.9 Å². The topological polar surface area (TPSA) is 109 Å². The Labute approximate surface area is 190 Å². The van der Waals surface area contributed by atoms with Gasteiger partial charge in [-0.3, -0.25) is 0 Å². The Balaban J connectivity index is 1.44. The molecule has 3 aromatic heterocycles. The molecule has 1 aliphatic rings. The molecule has 0 radical (unpaired) electrons. The maximum atomic E-state index is 6.42. The number of imidazole rings is 1. The molecule has 2 unspecified atom stereocenters. The summed E-state index contributed by atoms with van der Waals surface area (Å²) < 4.78 is 5.31. The average molecular weight is 440 g/mol. The highest BCUT2D eigenvalue weighted by Gasteiger charge is 2.32. The number of hydrogen-bond donors (Lipinski definition) is 3. The van der Waals surface area contributed by atoms with E-state index < -0.39 is 0 Å². The highest BCUT2D eigenvalue weighted by Crippen LogP contribution is 2.37. The van der Waals surface area contributed by atoms with E-state index in [1.54, 1.807) is 13.4 Å². The lowest BCUT2D eigenvalue weighted by molar-refractivity contribution is 0.408. The molecule has 1 aliphatic heterocycles. The van der Waals surface area contributed by atoms with Crippen molar-refractivity contribution in [2.45, 2.75) is 24.9 Å². The van der Waals surface area contributed by atoms with Crippen molar-refractivity contribution in [1.82, 2.24) is 24.9 Å².